The number of likely N-dealkylation sites (N-methyl/N-ethyl adjacent to an activating group) is 1. The topological polar surface area (TPSA) is 81.6 Å². The van der Waals surface area contributed by atoms with Gasteiger partial charge in [0.2, 0.25) is 5.95 Å². The molecule has 1 aromatic heterocycles. The molecule has 0 bridgehead atoms. The van der Waals surface area contributed by atoms with E-state index >= 15 is 0 Å². The van der Waals surface area contributed by atoms with Crippen molar-refractivity contribution in [3.05, 3.63) is 36.0 Å². The minimum absolute atomic E-state index is 0.131. The van der Waals surface area contributed by atoms with Gasteiger partial charge in [-0.3, -0.25) is 4.79 Å². The van der Waals surface area contributed by atoms with Crippen LogP contribution in [0.15, 0.2) is 30.5 Å². The number of carbonyl (C=O) groups excluding carboxylic acids is 1. The van der Waals surface area contributed by atoms with Crippen molar-refractivity contribution in [1.29, 1.82) is 0 Å². The molecule has 2 heterocycles. The molecule has 0 unspecified atom stereocenters. The van der Waals surface area contributed by atoms with Crippen LogP contribution in [0.4, 0.5) is 17.5 Å². The summed E-state index contributed by atoms with van der Waals surface area (Å²) in [6.45, 7) is 3.82. The molecule has 0 radical (unpaired) electrons. The number of aromatic hydroxyl groups is 1. The van der Waals surface area contributed by atoms with Gasteiger partial charge < -0.3 is 20.2 Å². The van der Waals surface area contributed by atoms with Crippen LogP contribution >= 0.6 is 0 Å². The van der Waals surface area contributed by atoms with Crippen LogP contribution in [0.2, 0.25) is 0 Å². The van der Waals surface area contributed by atoms with E-state index < -0.39 is 0 Å². The number of carbonyl (C=O) groups is 1. The molecule has 0 aliphatic carbocycles. The fourth-order valence-electron chi connectivity index (χ4n) is 2.57. The molecular formula is C16H19N5O2. The van der Waals surface area contributed by atoms with Crippen LogP contribution in [-0.2, 0) is 0 Å². The lowest BCUT2D eigenvalue weighted by atomic mass is 10.2. The molecule has 0 saturated carbocycles. The molecule has 7 nitrogen and oxygen atoms in total. The summed E-state index contributed by atoms with van der Waals surface area (Å²) in [5.41, 5.74) is 1.11. The molecule has 0 atom stereocenters. The third-order valence-electron chi connectivity index (χ3n) is 3.74. The molecule has 120 valence electrons. The number of amides is 1. The van der Waals surface area contributed by atoms with Gasteiger partial charge in [-0.1, -0.05) is 6.07 Å². The largest absolute Gasteiger partial charge is 0.508 e. The first-order valence-corrected chi connectivity index (χ1v) is 7.53. The zero-order valence-electron chi connectivity index (χ0n) is 13.2. The number of hydrogen-bond acceptors (Lipinski definition) is 6. The lowest BCUT2D eigenvalue weighted by molar-refractivity contribution is 0.0989. The molecule has 0 saturated heterocycles. The quantitative estimate of drug-likeness (QED) is 0.898. The monoisotopic (exact) mass is 313 g/mol. The Balaban J connectivity index is 2.01. The number of hydrogen-bond donors (Lipinski definition) is 2. The normalized spacial score (nSPS) is 14.4. The second kappa shape index (κ2) is 6.12. The number of aromatic nitrogens is 2. The molecule has 2 N–H and O–H groups in total. The Morgan fingerprint density at radius 3 is 2.91 bits per heavy atom. The van der Waals surface area contributed by atoms with E-state index in [1.165, 1.54) is 0 Å². The summed E-state index contributed by atoms with van der Waals surface area (Å²) in [5, 5.41) is 12.7. The van der Waals surface area contributed by atoms with Gasteiger partial charge in [0.25, 0.3) is 5.91 Å². The van der Waals surface area contributed by atoms with Crippen molar-refractivity contribution in [2.75, 3.05) is 41.8 Å². The number of nitrogens with one attached hydrogen (secondary N) is 1. The summed E-state index contributed by atoms with van der Waals surface area (Å²) < 4.78 is 0. The van der Waals surface area contributed by atoms with Gasteiger partial charge in [0, 0.05) is 44.6 Å². The minimum Gasteiger partial charge on any atom is -0.508 e. The van der Waals surface area contributed by atoms with E-state index in [0.717, 1.165) is 0 Å². The van der Waals surface area contributed by atoms with Crippen molar-refractivity contribution in [1.82, 2.24) is 9.97 Å². The van der Waals surface area contributed by atoms with Crippen molar-refractivity contribution in [2.24, 2.45) is 0 Å². The minimum atomic E-state index is -0.169. The van der Waals surface area contributed by atoms with Gasteiger partial charge in [-0.15, -0.1) is 0 Å². The van der Waals surface area contributed by atoms with Crippen molar-refractivity contribution in [3.8, 4) is 5.75 Å². The summed E-state index contributed by atoms with van der Waals surface area (Å²) in [4.78, 5) is 25.1. The van der Waals surface area contributed by atoms with Crippen molar-refractivity contribution >= 4 is 23.4 Å². The summed E-state index contributed by atoms with van der Waals surface area (Å²) in [6, 6.07) is 6.68. The highest BCUT2D eigenvalue weighted by molar-refractivity contribution is 6.09. The van der Waals surface area contributed by atoms with Crippen molar-refractivity contribution < 1.29 is 9.90 Å². The highest BCUT2D eigenvalue weighted by Crippen LogP contribution is 2.27. The van der Waals surface area contributed by atoms with Gasteiger partial charge in [0.1, 0.15) is 17.1 Å². The molecule has 0 fully saturated rings. The summed E-state index contributed by atoms with van der Waals surface area (Å²) in [7, 11) is 1.90. The fourth-order valence-corrected chi connectivity index (χ4v) is 2.57. The highest BCUT2D eigenvalue weighted by Gasteiger charge is 2.28. The summed E-state index contributed by atoms with van der Waals surface area (Å²) in [5.74, 6) is 1.09. The lowest BCUT2D eigenvalue weighted by Crippen LogP contribution is -2.33. The Morgan fingerprint density at radius 1 is 1.35 bits per heavy atom. The Labute approximate surface area is 134 Å². The van der Waals surface area contributed by atoms with Crippen LogP contribution in [0, 0.1) is 0 Å². The first-order chi connectivity index (χ1) is 11.1. The van der Waals surface area contributed by atoms with E-state index in [1.54, 1.807) is 35.4 Å². The standard InChI is InChI=1S/C16H19N5O2/c1-3-17-16-18-10-13-14(19-16)20(2)7-8-21(15(13)23)11-5-4-6-12(22)9-11/h4-6,9-10,22H,3,7-8H2,1-2H3,(H,17,18,19). The van der Waals surface area contributed by atoms with E-state index in [0.29, 0.717) is 42.7 Å². The van der Waals surface area contributed by atoms with Crippen LogP contribution in [0.5, 0.6) is 5.75 Å². The predicted octanol–water partition coefficient (Wildman–Crippen LogP) is 1.71. The maximum atomic E-state index is 12.9. The zero-order valence-corrected chi connectivity index (χ0v) is 13.2. The second-order valence-corrected chi connectivity index (χ2v) is 5.36. The van der Waals surface area contributed by atoms with E-state index in [4.69, 9.17) is 0 Å². The maximum absolute atomic E-state index is 12.9. The second-order valence-electron chi connectivity index (χ2n) is 5.36. The number of anilines is 3. The molecule has 2 aromatic rings. The smallest absolute Gasteiger partial charge is 0.263 e. The van der Waals surface area contributed by atoms with Gasteiger partial charge >= 0.3 is 0 Å². The van der Waals surface area contributed by atoms with Crippen molar-refractivity contribution in [3.63, 3.8) is 0 Å². The number of fused-ring (bicyclic) bond motifs is 1. The molecule has 7 heteroatoms. The summed E-state index contributed by atoms with van der Waals surface area (Å²) >= 11 is 0. The number of phenols is 1. The van der Waals surface area contributed by atoms with E-state index in [1.807, 2.05) is 18.9 Å². The molecule has 1 aliphatic heterocycles. The Morgan fingerprint density at radius 2 is 2.17 bits per heavy atom. The van der Waals surface area contributed by atoms with Crippen LogP contribution in [0.1, 0.15) is 17.3 Å². The molecule has 23 heavy (non-hydrogen) atoms. The average Bonchev–Trinajstić information content (AvgIpc) is 2.66. The lowest BCUT2D eigenvalue weighted by Gasteiger charge is -2.21. The van der Waals surface area contributed by atoms with Gasteiger partial charge in [-0.2, -0.15) is 4.98 Å². The molecule has 1 aliphatic rings. The van der Waals surface area contributed by atoms with E-state index in [9.17, 15) is 9.90 Å². The molecule has 0 spiro atoms. The molecule has 1 amide bonds. The number of rotatable bonds is 3. The highest BCUT2D eigenvalue weighted by atomic mass is 16.3. The first kappa shape index (κ1) is 15.1. The molecule has 1 aromatic carbocycles. The number of nitrogens with zero attached hydrogens (tertiary/aromatic N) is 4. The Kier molecular flexibility index (Phi) is 4.01. The fraction of sp³-hybridized carbons (Fsp3) is 0.312. The van der Waals surface area contributed by atoms with E-state index in [2.05, 4.69) is 15.3 Å². The van der Waals surface area contributed by atoms with Crippen LogP contribution in [0.25, 0.3) is 0 Å². The van der Waals surface area contributed by atoms with Gasteiger partial charge in [0.15, 0.2) is 0 Å². The number of benzene rings is 1. The van der Waals surface area contributed by atoms with E-state index in [-0.39, 0.29) is 11.7 Å². The SMILES string of the molecule is CCNc1ncc2c(n1)N(C)CCN(c1cccc(O)c1)C2=O. The third-order valence-corrected chi connectivity index (χ3v) is 3.74. The zero-order chi connectivity index (χ0) is 16.4. The summed E-state index contributed by atoms with van der Waals surface area (Å²) in [6.07, 6.45) is 1.56. The van der Waals surface area contributed by atoms with Crippen LogP contribution < -0.4 is 15.1 Å². The first-order valence-electron chi connectivity index (χ1n) is 7.53. The van der Waals surface area contributed by atoms with Gasteiger partial charge in [-0.25, -0.2) is 4.98 Å². The van der Waals surface area contributed by atoms with Gasteiger partial charge in [-0.05, 0) is 19.1 Å². The Hall–Kier alpha value is -2.83. The van der Waals surface area contributed by atoms with Crippen LogP contribution in [0.3, 0.4) is 0 Å². The maximum Gasteiger partial charge on any atom is 0.263 e. The number of phenolic OH excluding ortho intramolecular Hbond substituents is 1. The molecular weight excluding hydrogens is 294 g/mol. The Bertz CT molecular complexity index is 734. The average molecular weight is 313 g/mol. The van der Waals surface area contributed by atoms with Gasteiger partial charge in [0.05, 0.1) is 0 Å². The predicted molar refractivity (Wildman–Crippen MR) is 89.2 cm³/mol. The van der Waals surface area contributed by atoms with Crippen molar-refractivity contribution in [2.45, 2.75) is 6.92 Å². The third kappa shape index (κ3) is 2.90. The molecule has 3 rings (SSSR count). The van der Waals surface area contributed by atoms with Crippen LogP contribution in [-0.4, -0.2) is 47.7 Å².